The van der Waals surface area contributed by atoms with Gasteiger partial charge in [-0.3, -0.25) is 14.4 Å². The molecule has 3 saturated carbocycles. The van der Waals surface area contributed by atoms with E-state index in [1.807, 2.05) is 33.8 Å². The van der Waals surface area contributed by atoms with E-state index in [0.717, 1.165) is 18.4 Å². The quantitative estimate of drug-likeness (QED) is 0.388. The highest BCUT2D eigenvalue weighted by molar-refractivity contribution is 5.98. The zero-order chi connectivity index (χ0) is 26.7. The molecule has 0 aliphatic heterocycles. The maximum absolute atomic E-state index is 15.0. The van der Waals surface area contributed by atoms with Gasteiger partial charge in [0.25, 0.3) is 0 Å². The second kappa shape index (κ2) is 7.27. The lowest BCUT2D eigenvalue weighted by atomic mass is 9.33. The summed E-state index contributed by atoms with van der Waals surface area (Å²) in [6.45, 7) is 14.7. The fourth-order valence-corrected chi connectivity index (χ4v) is 9.94. The molecule has 5 aliphatic carbocycles. The van der Waals surface area contributed by atoms with E-state index >= 15 is 4.39 Å². The fraction of sp³-hybridized carbons (Fsp3) is 0.742. The Morgan fingerprint density at radius 3 is 2.25 bits per heavy atom. The van der Waals surface area contributed by atoms with Crippen LogP contribution < -0.4 is 0 Å². The predicted molar refractivity (Wildman–Crippen MR) is 135 cm³/mol. The lowest BCUT2D eigenvalue weighted by Crippen LogP contribution is -2.67. The molecule has 0 radical (unpaired) electrons. The van der Waals surface area contributed by atoms with Crippen molar-refractivity contribution in [3.63, 3.8) is 0 Å². The maximum atomic E-state index is 15.0. The molecule has 0 aromatic heterocycles. The Labute approximate surface area is 214 Å². The topological polar surface area (TPSA) is 75.0 Å². The van der Waals surface area contributed by atoms with Crippen molar-refractivity contribution < 1.29 is 18.8 Å². The molecule has 5 rings (SSSR count). The Morgan fingerprint density at radius 1 is 1.00 bits per heavy atom. The average molecular weight is 494 g/mol. The lowest BCUT2D eigenvalue weighted by molar-refractivity contribution is -0.190. The van der Waals surface area contributed by atoms with Crippen LogP contribution in [0.4, 0.5) is 4.39 Å². The monoisotopic (exact) mass is 493 g/mol. The molecule has 194 valence electrons. The standard InChI is InChI=1S/C31H40FNO3/c1-26(2)12-14-31(25(32)36)15-13-30(7)24(23(31)18(26)17-33)19(34)16-21-28(5)10-9-22(35)27(3,4)20(28)8-11-29(21,30)6/h9-10,16,18,20,23-24H,8,11-15H2,1-7H3/t18?,20-,23-,24+,28-,29+,30+,31-/m0/s1. The molecule has 0 bridgehead atoms. The third-order valence-corrected chi connectivity index (χ3v) is 12.5. The Balaban J connectivity index is 1.73. The van der Waals surface area contributed by atoms with Crippen LogP contribution in [0.5, 0.6) is 0 Å². The van der Waals surface area contributed by atoms with Gasteiger partial charge in [0.05, 0.1) is 17.4 Å². The van der Waals surface area contributed by atoms with Crippen LogP contribution in [0.2, 0.25) is 0 Å². The first kappa shape index (κ1) is 25.6. The maximum Gasteiger partial charge on any atom is 0.307 e. The average Bonchev–Trinajstić information content (AvgIpc) is 2.78. The second-order valence-corrected chi connectivity index (χ2v) is 14.5. The molecule has 5 aliphatic rings. The summed E-state index contributed by atoms with van der Waals surface area (Å²) in [5.41, 5.74) is -2.39. The minimum Gasteiger partial charge on any atom is -0.295 e. The lowest BCUT2D eigenvalue weighted by Gasteiger charge is -2.69. The van der Waals surface area contributed by atoms with E-state index < -0.39 is 50.9 Å². The van der Waals surface area contributed by atoms with Gasteiger partial charge in [-0.25, -0.2) is 0 Å². The van der Waals surface area contributed by atoms with Crippen LogP contribution in [0.25, 0.3) is 0 Å². The van der Waals surface area contributed by atoms with Gasteiger partial charge in [0, 0.05) is 22.7 Å². The smallest absolute Gasteiger partial charge is 0.295 e. The zero-order valence-electron chi connectivity index (χ0n) is 22.8. The van der Waals surface area contributed by atoms with Gasteiger partial charge < -0.3 is 0 Å². The highest BCUT2D eigenvalue weighted by Gasteiger charge is 2.72. The van der Waals surface area contributed by atoms with Crippen molar-refractivity contribution in [1.82, 2.24) is 0 Å². The molecular formula is C31H40FNO3. The van der Waals surface area contributed by atoms with E-state index in [1.165, 1.54) is 0 Å². The summed E-state index contributed by atoms with van der Waals surface area (Å²) in [6.07, 6.45) is 9.15. The van der Waals surface area contributed by atoms with E-state index in [-0.39, 0.29) is 22.9 Å². The summed E-state index contributed by atoms with van der Waals surface area (Å²) in [6, 6.07) is 1.11. The van der Waals surface area contributed by atoms with Gasteiger partial charge >= 0.3 is 6.04 Å². The summed E-state index contributed by atoms with van der Waals surface area (Å²) in [5, 5.41) is 10.3. The van der Waals surface area contributed by atoms with Gasteiger partial charge in [0.2, 0.25) is 0 Å². The summed E-state index contributed by atoms with van der Waals surface area (Å²) in [7, 11) is 0. The van der Waals surface area contributed by atoms with Gasteiger partial charge in [-0.15, -0.1) is 0 Å². The number of carbonyl (C=O) groups excluding carboxylic acids is 3. The van der Waals surface area contributed by atoms with Gasteiger partial charge in [0.1, 0.15) is 0 Å². The third kappa shape index (κ3) is 2.77. The molecule has 5 heteroatoms. The van der Waals surface area contributed by atoms with Gasteiger partial charge in [-0.05, 0) is 72.8 Å². The second-order valence-electron chi connectivity index (χ2n) is 14.5. The van der Waals surface area contributed by atoms with E-state index in [4.69, 9.17) is 0 Å². The first-order valence-corrected chi connectivity index (χ1v) is 13.6. The van der Waals surface area contributed by atoms with Crippen LogP contribution in [0, 0.1) is 67.5 Å². The van der Waals surface area contributed by atoms with Crippen LogP contribution in [0.3, 0.4) is 0 Å². The first-order valence-electron chi connectivity index (χ1n) is 13.6. The van der Waals surface area contributed by atoms with E-state index in [9.17, 15) is 19.6 Å². The molecule has 0 spiro atoms. The van der Waals surface area contributed by atoms with Gasteiger partial charge in [0.15, 0.2) is 11.6 Å². The first-order chi connectivity index (χ1) is 16.5. The van der Waals surface area contributed by atoms with E-state index in [1.54, 1.807) is 12.2 Å². The molecular weight excluding hydrogens is 453 g/mol. The molecule has 0 aromatic rings. The number of ketones is 2. The number of halogens is 1. The van der Waals surface area contributed by atoms with Crippen LogP contribution in [0.1, 0.15) is 87.0 Å². The van der Waals surface area contributed by atoms with Crippen molar-refractivity contribution in [2.24, 2.45) is 56.2 Å². The Hall–Kier alpha value is -2.09. The minimum atomic E-state index is -1.34. The molecule has 0 N–H and O–H groups in total. The van der Waals surface area contributed by atoms with Crippen LogP contribution in [-0.2, 0) is 14.4 Å². The Kier molecular flexibility index (Phi) is 5.16. The largest absolute Gasteiger partial charge is 0.307 e. The van der Waals surface area contributed by atoms with Crippen molar-refractivity contribution in [3.05, 3.63) is 23.8 Å². The van der Waals surface area contributed by atoms with E-state index in [2.05, 4.69) is 26.8 Å². The van der Waals surface area contributed by atoms with Crippen molar-refractivity contribution in [1.29, 1.82) is 5.26 Å². The molecule has 0 saturated heterocycles. The number of rotatable bonds is 1. The molecule has 0 amide bonds. The number of hydrogen-bond acceptors (Lipinski definition) is 4. The van der Waals surface area contributed by atoms with Crippen LogP contribution >= 0.6 is 0 Å². The van der Waals surface area contributed by atoms with Crippen molar-refractivity contribution in [2.75, 3.05) is 0 Å². The normalized spacial score (nSPS) is 48.5. The van der Waals surface area contributed by atoms with Gasteiger partial charge in [-0.1, -0.05) is 60.1 Å². The number of nitrogens with zero attached hydrogens (tertiary/aromatic N) is 1. The molecule has 0 aromatic carbocycles. The van der Waals surface area contributed by atoms with E-state index in [0.29, 0.717) is 25.7 Å². The fourth-order valence-electron chi connectivity index (χ4n) is 9.94. The molecule has 3 fully saturated rings. The zero-order valence-corrected chi connectivity index (χ0v) is 22.8. The molecule has 0 heterocycles. The van der Waals surface area contributed by atoms with Crippen LogP contribution in [0.15, 0.2) is 23.8 Å². The Morgan fingerprint density at radius 2 is 1.64 bits per heavy atom. The summed E-state index contributed by atoms with van der Waals surface area (Å²) < 4.78 is 15.0. The highest BCUT2D eigenvalue weighted by Crippen LogP contribution is 2.75. The van der Waals surface area contributed by atoms with Crippen molar-refractivity contribution >= 4 is 17.6 Å². The number of allylic oxidation sites excluding steroid dienone is 4. The predicted octanol–water partition coefficient (Wildman–Crippen LogP) is 6.56. The number of carbonyl (C=O) groups is 3. The summed E-state index contributed by atoms with van der Waals surface area (Å²) in [5.74, 6) is -1.63. The SMILES string of the molecule is CC1(C)CC[C@]2(C(=O)F)CC[C@]3(C)[C@H](C(=O)C=C4[C@@]5(C)C=CC(=O)C(C)(C)[C@@H]5CC[C@]43C)[C@@H]2C1C#N. The van der Waals surface area contributed by atoms with Crippen molar-refractivity contribution in [2.45, 2.75) is 87.0 Å². The Bertz CT molecular complexity index is 1170. The molecule has 4 nitrogen and oxygen atoms in total. The minimum absolute atomic E-state index is 0.0665. The highest BCUT2D eigenvalue weighted by atomic mass is 19.1. The van der Waals surface area contributed by atoms with Gasteiger partial charge in [-0.2, -0.15) is 9.65 Å². The molecule has 1 unspecified atom stereocenters. The number of hydrogen-bond donors (Lipinski definition) is 0. The summed E-state index contributed by atoms with van der Waals surface area (Å²) in [4.78, 5) is 39.8. The molecule has 8 atom stereocenters. The third-order valence-electron chi connectivity index (χ3n) is 12.5. The summed E-state index contributed by atoms with van der Waals surface area (Å²) >= 11 is 0. The number of fused-ring (bicyclic) bond motifs is 7. The molecule has 36 heavy (non-hydrogen) atoms. The van der Waals surface area contributed by atoms with Crippen LogP contribution in [-0.4, -0.2) is 17.6 Å². The van der Waals surface area contributed by atoms with Crippen molar-refractivity contribution in [3.8, 4) is 6.07 Å². The number of nitriles is 1.